The highest BCUT2D eigenvalue weighted by Gasteiger charge is 2.13. The van der Waals surface area contributed by atoms with Crippen LogP contribution in [0.1, 0.15) is 22.6 Å². The number of rotatable bonds is 7. The highest BCUT2D eigenvalue weighted by atomic mass is 16.2. The van der Waals surface area contributed by atoms with E-state index in [0.29, 0.717) is 24.4 Å². The quantitative estimate of drug-likeness (QED) is 0.502. The van der Waals surface area contributed by atoms with Gasteiger partial charge in [0.15, 0.2) is 5.69 Å². The van der Waals surface area contributed by atoms with E-state index in [4.69, 9.17) is 0 Å². The van der Waals surface area contributed by atoms with Crippen LogP contribution < -0.4 is 5.32 Å². The van der Waals surface area contributed by atoms with Gasteiger partial charge in [-0.2, -0.15) is 5.10 Å². The van der Waals surface area contributed by atoms with Crippen molar-refractivity contribution in [3.05, 3.63) is 54.0 Å². The molecule has 0 aliphatic heterocycles. The number of nitrogens with one attached hydrogen (secondary N) is 2. The number of carbonyl (C=O) groups is 2. The summed E-state index contributed by atoms with van der Waals surface area (Å²) in [5.74, 6) is -0.268. The third kappa shape index (κ3) is 3.54. The minimum absolute atomic E-state index is 0.268. The number of carbonyl (C=O) groups excluding carboxylic acids is 2. The standard InChI is InChI=1S/C16H16N6O2/c23-9-5-1-4-8-22-11-12(18-21-22)10-17-16(24)15-13-6-2-3-7-14(13)19-20-15/h1-3,5-7,9,11H,4,8,10H2,(H,17,24)(H,19,20)/b5-1+. The molecule has 2 N–H and O–H groups in total. The number of aldehydes is 1. The number of aryl methyl sites for hydroxylation is 1. The molecule has 0 saturated carbocycles. The molecule has 1 amide bonds. The van der Waals surface area contributed by atoms with Crippen molar-refractivity contribution in [2.45, 2.75) is 19.5 Å². The van der Waals surface area contributed by atoms with Gasteiger partial charge in [-0.05, 0) is 18.6 Å². The monoisotopic (exact) mass is 324 g/mol. The van der Waals surface area contributed by atoms with Crippen LogP contribution in [0.15, 0.2) is 42.6 Å². The number of aromatic nitrogens is 5. The first-order chi connectivity index (χ1) is 11.8. The second-order valence-electron chi connectivity index (χ2n) is 5.13. The van der Waals surface area contributed by atoms with Gasteiger partial charge in [0, 0.05) is 11.9 Å². The number of para-hydroxylation sites is 1. The fourth-order valence-corrected chi connectivity index (χ4v) is 2.28. The van der Waals surface area contributed by atoms with E-state index >= 15 is 0 Å². The van der Waals surface area contributed by atoms with Gasteiger partial charge in [-0.15, -0.1) is 5.10 Å². The second-order valence-corrected chi connectivity index (χ2v) is 5.13. The lowest BCUT2D eigenvalue weighted by atomic mass is 10.2. The van der Waals surface area contributed by atoms with Gasteiger partial charge in [-0.1, -0.05) is 29.5 Å². The Balaban J connectivity index is 1.57. The summed E-state index contributed by atoms with van der Waals surface area (Å²) in [6, 6.07) is 7.45. The summed E-state index contributed by atoms with van der Waals surface area (Å²) in [5, 5.41) is 18.4. The third-order valence-corrected chi connectivity index (χ3v) is 3.44. The minimum Gasteiger partial charge on any atom is -0.345 e. The number of benzene rings is 1. The zero-order valence-corrected chi connectivity index (χ0v) is 12.8. The number of hydrogen-bond acceptors (Lipinski definition) is 5. The first kappa shape index (κ1) is 15.6. The molecule has 3 rings (SSSR count). The van der Waals surface area contributed by atoms with Crippen LogP contribution in [-0.4, -0.2) is 37.4 Å². The van der Waals surface area contributed by atoms with Crippen molar-refractivity contribution < 1.29 is 9.59 Å². The van der Waals surface area contributed by atoms with E-state index in [0.717, 1.165) is 17.2 Å². The fraction of sp³-hybridized carbons (Fsp3) is 0.188. The summed E-state index contributed by atoms with van der Waals surface area (Å²) < 4.78 is 1.67. The van der Waals surface area contributed by atoms with Crippen LogP contribution in [0.5, 0.6) is 0 Å². The topological polar surface area (TPSA) is 106 Å². The molecular weight excluding hydrogens is 308 g/mol. The van der Waals surface area contributed by atoms with E-state index in [2.05, 4.69) is 25.8 Å². The van der Waals surface area contributed by atoms with Crippen LogP contribution in [0, 0.1) is 0 Å². The van der Waals surface area contributed by atoms with Crippen LogP contribution in [0.25, 0.3) is 10.9 Å². The predicted molar refractivity (Wildman–Crippen MR) is 87.1 cm³/mol. The van der Waals surface area contributed by atoms with Crippen molar-refractivity contribution in [2.75, 3.05) is 0 Å². The van der Waals surface area contributed by atoms with Crippen LogP contribution in [0.3, 0.4) is 0 Å². The highest BCUT2D eigenvalue weighted by molar-refractivity contribution is 6.04. The molecule has 0 aliphatic carbocycles. The highest BCUT2D eigenvalue weighted by Crippen LogP contribution is 2.14. The van der Waals surface area contributed by atoms with E-state index in [1.807, 2.05) is 24.3 Å². The summed E-state index contributed by atoms with van der Waals surface area (Å²) in [7, 11) is 0. The Morgan fingerprint density at radius 3 is 3.08 bits per heavy atom. The molecule has 0 bridgehead atoms. The van der Waals surface area contributed by atoms with Crippen LogP contribution in [0.4, 0.5) is 0 Å². The van der Waals surface area contributed by atoms with E-state index in [1.165, 1.54) is 6.08 Å². The van der Waals surface area contributed by atoms with Gasteiger partial charge in [0.05, 0.1) is 18.3 Å². The van der Waals surface area contributed by atoms with E-state index in [1.54, 1.807) is 17.0 Å². The van der Waals surface area contributed by atoms with Crippen molar-refractivity contribution in [3.8, 4) is 0 Å². The molecule has 0 unspecified atom stereocenters. The molecule has 3 aromatic rings. The zero-order chi connectivity index (χ0) is 16.8. The Morgan fingerprint density at radius 1 is 1.33 bits per heavy atom. The summed E-state index contributed by atoms with van der Waals surface area (Å²) in [6.45, 7) is 0.888. The molecule has 0 atom stereocenters. The van der Waals surface area contributed by atoms with Gasteiger partial charge in [-0.3, -0.25) is 19.4 Å². The molecule has 2 aromatic heterocycles. The fourth-order valence-electron chi connectivity index (χ4n) is 2.28. The molecular formula is C16H16N6O2. The number of allylic oxidation sites excluding steroid dienone is 2. The molecule has 122 valence electrons. The molecule has 0 spiro atoms. The smallest absolute Gasteiger partial charge is 0.272 e. The number of fused-ring (bicyclic) bond motifs is 1. The van der Waals surface area contributed by atoms with Gasteiger partial charge in [0.25, 0.3) is 5.91 Å². The first-order valence-corrected chi connectivity index (χ1v) is 7.48. The summed E-state index contributed by atoms with van der Waals surface area (Å²) >= 11 is 0. The SMILES string of the molecule is O=C/C=C/CCn1cc(CNC(=O)c2n[nH]c3ccccc23)nn1. The largest absolute Gasteiger partial charge is 0.345 e. The average Bonchev–Trinajstić information content (AvgIpc) is 3.23. The predicted octanol–water partition coefficient (Wildman–Crippen LogP) is 1.23. The van der Waals surface area contributed by atoms with Crippen molar-refractivity contribution >= 4 is 23.1 Å². The first-order valence-electron chi connectivity index (χ1n) is 7.48. The summed E-state index contributed by atoms with van der Waals surface area (Å²) in [5.41, 5.74) is 1.83. The Labute approximate surface area is 137 Å². The lowest BCUT2D eigenvalue weighted by molar-refractivity contribution is -0.104. The normalized spacial score (nSPS) is 11.2. The molecule has 0 saturated heterocycles. The van der Waals surface area contributed by atoms with Crippen molar-refractivity contribution in [3.63, 3.8) is 0 Å². The number of H-pyrrole nitrogens is 1. The van der Waals surface area contributed by atoms with Gasteiger partial charge >= 0.3 is 0 Å². The maximum absolute atomic E-state index is 12.3. The molecule has 0 fully saturated rings. The van der Waals surface area contributed by atoms with Crippen LogP contribution >= 0.6 is 0 Å². The van der Waals surface area contributed by atoms with Gasteiger partial charge in [0.2, 0.25) is 0 Å². The molecule has 0 radical (unpaired) electrons. The lowest BCUT2D eigenvalue weighted by Crippen LogP contribution is -2.23. The molecule has 8 nitrogen and oxygen atoms in total. The van der Waals surface area contributed by atoms with Gasteiger partial charge in [-0.25, -0.2) is 0 Å². The van der Waals surface area contributed by atoms with Crippen molar-refractivity contribution in [1.29, 1.82) is 0 Å². The Morgan fingerprint density at radius 2 is 2.21 bits per heavy atom. The maximum atomic E-state index is 12.3. The van der Waals surface area contributed by atoms with Crippen LogP contribution in [0.2, 0.25) is 0 Å². The molecule has 0 aliphatic rings. The Kier molecular flexibility index (Phi) is 4.76. The van der Waals surface area contributed by atoms with Crippen LogP contribution in [-0.2, 0) is 17.9 Å². The van der Waals surface area contributed by atoms with Gasteiger partial charge < -0.3 is 5.32 Å². The number of amides is 1. The van der Waals surface area contributed by atoms with E-state index in [-0.39, 0.29) is 12.5 Å². The second kappa shape index (κ2) is 7.32. The van der Waals surface area contributed by atoms with E-state index in [9.17, 15) is 9.59 Å². The Bertz CT molecular complexity index is 879. The average molecular weight is 324 g/mol. The Hall–Kier alpha value is -3.29. The van der Waals surface area contributed by atoms with Crippen molar-refractivity contribution in [1.82, 2.24) is 30.5 Å². The molecule has 8 heteroatoms. The summed E-state index contributed by atoms with van der Waals surface area (Å²) in [4.78, 5) is 22.4. The molecule has 2 heterocycles. The van der Waals surface area contributed by atoms with E-state index < -0.39 is 0 Å². The maximum Gasteiger partial charge on any atom is 0.272 e. The molecule has 1 aromatic carbocycles. The summed E-state index contributed by atoms with van der Waals surface area (Å²) in [6.07, 6.45) is 6.40. The zero-order valence-electron chi connectivity index (χ0n) is 12.8. The lowest BCUT2D eigenvalue weighted by Gasteiger charge is -2.00. The number of hydrogen-bond donors (Lipinski definition) is 2. The number of nitrogens with zero attached hydrogens (tertiary/aromatic N) is 4. The number of aromatic amines is 1. The third-order valence-electron chi connectivity index (χ3n) is 3.44. The minimum atomic E-state index is -0.268. The molecule has 24 heavy (non-hydrogen) atoms. The van der Waals surface area contributed by atoms with Crippen molar-refractivity contribution in [2.24, 2.45) is 0 Å². The van der Waals surface area contributed by atoms with Gasteiger partial charge in [0.1, 0.15) is 12.0 Å².